The summed E-state index contributed by atoms with van der Waals surface area (Å²) in [5.74, 6) is 0.856. The Morgan fingerprint density at radius 3 is 2.94 bits per heavy atom. The molecule has 0 atom stereocenters. The molecule has 2 heterocycles. The van der Waals surface area contributed by atoms with Crippen molar-refractivity contribution in [3.63, 3.8) is 0 Å². The first-order valence-electron chi connectivity index (χ1n) is 5.35. The molecule has 0 spiro atoms. The van der Waals surface area contributed by atoms with Crippen molar-refractivity contribution in [3.05, 3.63) is 48.0 Å². The van der Waals surface area contributed by atoms with Crippen molar-refractivity contribution in [1.29, 1.82) is 0 Å². The number of rotatable bonds is 2. The van der Waals surface area contributed by atoms with Gasteiger partial charge in [0, 0.05) is 11.8 Å². The van der Waals surface area contributed by atoms with Gasteiger partial charge in [-0.1, -0.05) is 12.1 Å². The van der Waals surface area contributed by atoms with Crippen LogP contribution >= 0.6 is 11.3 Å². The van der Waals surface area contributed by atoms with Crippen LogP contribution in [0, 0.1) is 0 Å². The number of ether oxygens (including phenoxy) is 1. The molecule has 0 saturated carbocycles. The standard InChI is InChI=1S/C14H11NOS/c1-16-13-5-3-2-4-11(13)12-8-10-6-7-17-14(10)9-15-12/h2-9H,1H3. The van der Waals surface area contributed by atoms with Crippen LogP contribution in [0.5, 0.6) is 5.75 Å². The molecule has 0 unspecified atom stereocenters. The SMILES string of the molecule is COc1ccccc1-c1cc2ccsc2cn1. The molecular weight excluding hydrogens is 230 g/mol. The molecule has 0 N–H and O–H groups in total. The third-order valence-electron chi connectivity index (χ3n) is 2.72. The minimum Gasteiger partial charge on any atom is -0.496 e. The second-order valence-corrected chi connectivity index (χ2v) is 4.68. The first-order chi connectivity index (χ1) is 8.38. The summed E-state index contributed by atoms with van der Waals surface area (Å²) in [6, 6.07) is 12.2. The van der Waals surface area contributed by atoms with Crippen LogP contribution in [0.2, 0.25) is 0 Å². The molecule has 84 valence electrons. The van der Waals surface area contributed by atoms with E-state index in [1.807, 2.05) is 30.5 Å². The van der Waals surface area contributed by atoms with Crippen LogP contribution < -0.4 is 4.74 Å². The second-order valence-electron chi connectivity index (χ2n) is 3.73. The van der Waals surface area contributed by atoms with Gasteiger partial charge in [-0.25, -0.2) is 0 Å². The maximum Gasteiger partial charge on any atom is 0.128 e. The van der Waals surface area contributed by atoms with Crippen LogP contribution in [-0.4, -0.2) is 12.1 Å². The highest BCUT2D eigenvalue weighted by Gasteiger charge is 2.07. The Morgan fingerprint density at radius 2 is 2.06 bits per heavy atom. The highest BCUT2D eigenvalue weighted by Crippen LogP contribution is 2.30. The van der Waals surface area contributed by atoms with Gasteiger partial charge in [0.15, 0.2) is 0 Å². The number of aromatic nitrogens is 1. The first kappa shape index (κ1) is 10.3. The van der Waals surface area contributed by atoms with E-state index in [1.54, 1.807) is 18.4 Å². The first-order valence-corrected chi connectivity index (χ1v) is 6.23. The van der Waals surface area contributed by atoms with Crippen LogP contribution in [0.3, 0.4) is 0 Å². The van der Waals surface area contributed by atoms with E-state index in [-0.39, 0.29) is 0 Å². The Balaban J connectivity index is 2.19. The Labute approximate surface area is 104 Å². The molecule has 0 amide bonds. The lowest BCUT2D eigenvalue weighted by Crippen LogP contribution is -1.89. The molecule has 3 heteroatoms. The van der Waals surface area contributed by atoms with Crippen molar-refractivity contribution in [3.8, 4) is 17.0 Å². The molecule has 2 nitrogen and oxygen atoms in total. The smallest absolute Gasteiger partial charge is 0.128 e. The second kappa shape index (κ2) is 4.18. The van der Waals surface area contributed by atoms with Gasteiger partial charge < -0.3 is 4.74 Å². The largest absolute Gasteiger partial charge is 0.496 e. The van der Waals surface area contributed by atoms with E-state index in [1.165, 1.54) is 10.1 Å². The quantitative estimate of drug-likeness (QED) is 0.677. The van der Waals surface area contributed by atoms with Gasteiger partial charge in [-0.2, -0.15) is 0 Å². The van der Waals surface area contributed by atoms with Crippen molar-refractivity contribution < 1.29 is 4.74 Å². The fourth-order valence-corrected chi connectivity index (χ4v) is 2.61. The highest BCUT2D eigenvalue weighted by molar-refractivity contribution is 7.17. The summed E-state index contributed by atoms with van der Waals surface area (Å²) in [6.45, 7) is 0. The van der Waals surface area contributed by atoms with E-state index in [0.29, 0.717) is 0 Å². The average Bonchev–Trinajstić information content (AvgIpc) is 2.85. The van der Waals surface area contributed by atoms with Crippen LogP contribution in [0.1, 0.15) is 0 Å². The van der Waals surface area contributed by atoms with Crippen molar-refractivity contribution in [2.75, 3.05) is 7.11 Å². The Kier molecular flexibility index (Phi) is 2.53. The van der Waals surface area contributed by atoms with Crippen LogP contribution in [0.25, 0.3) is 21.3 Å². The summed E-state index contributed by atoms with van der Waals surface area (Å²) in [5, 5.41) is 3.31. The van der Waals surface area contributed by atoms with Gasteiger partial charge in [-0.05, 0) is 35.0 Å². The zero-order valence-corrected chi connectivity index (χ0v) is 10.2. The predicted molar refractivity (Wildman–Crippen MR) is 71.6 cm³/mol. The van der Waals surface area contributed by atoms with E-state index >= 15 is 0 Å². The van der Waals surface area contributed by atoms with E-state index < -0.39 is 0 Å². The number of methoxy groups -OCH3 is 1. The summed E-state index contributed by atoms with van der Waals surface area (Å²) >= 11 is 1.71. The highest BCUT2D eigenvalue weighted by atomic mass is 32.1. The molecule has 0 radical (unpaired) electrons. The maximum atomic E-state index is 5.36. The zero-order valence-electron chi connectivity index (χ0n) is 9.38. The number of pyridine rings is 1. The Morgan fingerprint density at radius 1 is 1.18 bits per heavy atom. The van der Waals surface area contributed by atoms with Crippen LogP contribution in [0.4, 0.5) is 0 Å². The van der Waals surface area contributed by atoms with Gasteiger partial charge in [-0.15, -0.1) is 11.3 Å². The van der Waals surface area contributed by atoms with Crippen molar-refractivity contribution in [2.24, 2.45) is 0 Å². The van der Waals surface area contributed by atoms with Crippen molar-refractivity contribution in [2.45, 2.75) is 0 Å². The number of nitrogens with zero attached hydrogens (tertiary/aromatic N) is 1. The Hall–Kier alpha value is -1.87. The van der Waals surface area contributed by atoms with E-state index in [4.69, 9.17) is 4.74 Å². The molecule has 1 aromatic carbocycles. The number of para-hydroxylation sites is 1. The third-order valence-corrected chi connectivity index (χ3v) is 3.59. The van der Waals surface area contributed by atoms with Gasteiger partial charge in [0.05, 0.1) is 17.5 Å². The minimum atomic E-state index is 0.856. The van der Waals surface area contributed by atoms with Gasteiger partial charge in [-0.3, -0.25) is 4.98 Å². The van der Waals surface area contributed by atoms with Crippen molar-refractivity contribution >= 4 is 21.4 Å². The van der Waals surface area contributed by atoms with E-state index in [0.717, 1.165) is 17.0 Å². The van der Waals surface area contributed by atoms with Gasteiger partial charge in [0.1, 0.15) is 5.75 Å². The topological polar surface area (TPSA) is 22.1 Å². The molecule has 17 heavy (non-hydrogen) atoms. The number of hydrogen-bond donors (Lipinski definition) is 0. The average molecular weight is 241 g/mol. The summed E-state index contributed by atoms with van der Waals surface area (Å²) < 4.78 is 6.57. The molecule has 0 fully saturated rings. The number of fused-ring (bicyclic) bond motifs is 1. The van der Waals surface area contributed by atoms with Crippen LogP contribution in [-0.2, 0) is 0 Å². The molecule has 0 aliphatic rings. The number of thiophene rings is 1. The maximum absolute atomic E-state index is 5.36. The van der Waals surface area contributed by atoms with E-state index in [2.05, 4.69) is 22.5 Å². The normalized spacial score (nSPS) is 10.6. The lowest BCUT2D eigenvalue weighted by Gasteiger charge is -2.07. The third kappa shape index (κ3) is 1.78. The molecule has 0 saturated heterocycles. The van der Waals surface area contributed by atoms with Gasteiger partial charge in [0.25, 0.3) is 0 Å². The van der Waals surface area contributed by atoms with Gasteiger partial charge >= 0.3 is 0 Å². The summed E-state index contributed by atoms with van der Waals surface area (Å²) in [5.41, 5.74) is 1.98. The molecule has 0 bridgehead atoms. The summed E-state index contributed by atoms with van der Waals surface area (Å²) in [7, 11) is 1.68. The predicted octanol–water partition coefficient (Wildman–Crippen LogP) is 3.97. The summed E-state index contributed by atoms with van der Waals surface area (Å²) in [4.78, 5) is 4.49. The number of benzene rings is 1. The fourth-order valence-electron chi connectivity index (χ4n) is 1.87. The molecule has 3 aromatic rings. The van der Waals surface area contributed by atoms with Crippen molar-refractivity contribution in [1.82, 2.24) is 4.98 Å². The molecule has 0 aliphatic heterocycles. The lowest BCUT2D eigenvalue weighted by molar-refractivity contribution is 0.416. The zero-order chi connectivity index (χ0) is 11.7. The molecule has 2 aromatic heterocycles. The monoisotopic (exact) mass is 241 g/mol. The molecule has 3 rings (SSSR count). The summed E-state index contributed by atoms with van der Waals surface area (Å²) in [6.07, 6.45) is 1.92. The molecule has 0 aliphatic carbocycles. The lowest BCUT2D eigenvalue weighted by atomic mass is 10.1. The molecular formula is C14H11NOS. The fraction of sp³-hybridized carbons (Fsp3) is 0.0714. The van der Waals surface area contributed by atoms with E-state index in [9.17, 15) is 0 Å². The van der Waals surface area contributed by atoms with Gasteiger partial charge in [0.2, 0.25) is 0 Å². The number of hydrogen-bond acceptors (Lipinski definition) is 3. The minimum absolute atomic E-state index is 0.856. The van der Waals surface area contributed by atoms with Crippen LogP contribution in [0.15, 0.2) is 48.0 Å². The Bertz CT molecular complexity index is 660.